The Balaban J connectivity index is 2.74. The van der Waals surface area contributed by atoms with Crippen LogP contribution < -0.4 is 9.47 Å². The van der Waals surface area contributed by atoms with Crippen molar-refractivity contribution in [3.8, 4) is 17.6 Å². The summed E-state index contributed by atoms with van der Waals surface area (Å²) in [5.74, 6) is -0.315. The van der Waals surface area contributed by atoms with Crippen LogP contribution in [0.3, 0.4) is 0 Å². The predicted molar refractivity (Wildman–Crippen MR) is 86.9 cm³/mol. The zero-order valence-corrected chi connectivity index (χ0v) is 14.1. The standard InChI is InChI=1S/C17H22N2O5/c1-12(2)10-19(7-6-17(21)22)16(20)11-24-14-5-4-13(9-18)8-15(14)23-3/h4-5,8,12H,6-7,10-11H2,1-3H3,(H,21,22). The Hall–Kier alpha value is -2.75. The van der Waals surface area contributed by atoms with Gasteiger partial charge in [-0.15, -0.1) is 0 Å². The third-order valence-electron chi connectivity index (χ3n) is 3.18. The monoisotopic (exact) mass is 334 g/mol. The highest BCUT2D eigenvalue weighted by molar-refractivity contribution is 5.78. The van der Waals surface area contributed by atoms with Crippen molar-refractivity contribution in [3.63, 3.8) is 0 Å². The minimum atomic E-state index is -0.953. The number of nitrogens with zero attached hydrogens (tertiary/aromatic N) is 2. The molecule has 0 fully saturated rings. The number of aliphatic carboxylic acids is 1. The second-order valence-corrected chi connectivity index (χ2v) is 5.64. The maximum absolute atomic E-state index is 12.3. The van der Waals surface area contributed by atoms with E-state index in [1.54, 1.807) is 12.1 Å². The highest BCUT2D eigenvalue weighted by atomic mass is 16.5. The molecule has 0 aliphatic heterocycles. The van der Waals surface area contributed by atoms with Crippen LogP contribution in [0.4, 0.5) is 0 Å². The number of ether oxygens (including phenoxy) is 2. The van der Waals surface area contributed by atoms with E-state index in [1.165, 1.54) is 18.1 Å². The fourth-order valence-electron chi connectivity index (χ4n) is 2.08. The third-order valence-corrected chi connectivity index (χ3v) is 3.18. The summed E-state index contributed by atoms with van der Waals surface area (Å²) >= 11 is 0. The molecule has 7 heteroatoms. The van der Waals surface area contributed by atoms with Gasteiger partial charge in [0.05, 0.1) is 25.2 Å². The van der Waals surface area contributed by atoms with E-state index in [1.807, 2.05) is 19.9 Å². The topological polar surface area (TPSA) is 99.9 Å². The average Bonchev–Trinajstić information content (AvgIpc) is 2.55. The minimum Gasteiger partial charge on any atom is -0.493 e. The van der Waals surface area contributed by atoms with Gasteiger partial charge >= 0.3 is 5.97 Å². The summed E-state index contributed by atoms with van der Waals surface area (Å²) in [6, 6.07) is 6.65. The van der Waals surface area contributed by atoms with Gasteiger partial charge < -0.3 is 19.5 Å². The second kappa shape index (κ2) is 9.40. The summed E-state index contributed by atoms with van der Waals surface area (Å²) in [6.45, 7) is 4.27. The summed E-state index contributed by atoms with van der Waals surface area (Å²) in [6.07, 6.45) is -0.112. The summed E-state index contributed by atoms with van der Waals surface area (Å²) in [5, 5.41) is 17.7. The van der Waals surface area contributed by atoms with Gasteiger partial charge in [0.2, 0.25) is 0 Å². The first kappa shape index (κ1) is 19.3. The van der Waals surface area contributed by atoms with Crippen LogP contribution in [0.1, 0.15) is 25.8 Å². The fourth-order valence-corrected chi connectivity index (χ4v) is 2.08. The molecule has 1 rings (SSSR count). The number of carbonyl (C=O) groups excluding carboxylic acids is 1. The summed E-state index contributed by atoms with van der Waals surface area (Å²) < 4.78 is 10.6. The molecule has 24 heavy (non-hydrogen) atoms. The molecule has 0 heterocycles. The van der Waals surface area contributed by atoms with Crippen LogP contribution in [0.25, 0.3) is 0 Å². The lowest BCUT2D eigenvalue weighted by Gasteiger charge is -2.24. The third kappa shape index (κ3) is 6.16. The van der Waals surface area contributed by atoms with Crippen molar-refractivity contribution in [1.82, 2.24) is 4.90 Å². The summed E-state index contributed by atoms with van der Waals surface area (Å²) in [4.78, 5) is 24.5. The van der Waals surface area contributed by atoms with Crippen LogP contribution in [0, 0.1) is 17.2 Å². The van der Waals surface area contributed by atoms with Crippen molar-refractivity contribution >= 4 is 11.9 Å². The number of benzene rings is 1. The Bertz CT molecular complexity index is 622. The number of nitriles is 1. The number of amides is 1. The number of methoxy groups -OCH3 is 1. The molecule has 0 spiro atoms. The van der Waals surface area contributed by atoms with E-state index < -0.39 is 5.97 Å². The molecule has 1 amide bonds. The normalized spacial score (nSPS) is 10.1. The molecule has 0 radical (unpaired) electrons. The van der Waals surface area contributed by atoms with Gasteiger partial charge in [0.15, 0.2) is 18.1 Å². The predicted octanol–water partition coefficient (Wildman–Crippen LogP) is 1.90. The van der Waals surface area contributed by atoms with Crippen LogP contribution >= 0.6 is 0 Å². The quantitative estimate of drug-likeness (QED) is 0.740. The smallest absolute Gasteiger partial charge is 0.305 e. The summed E-state index contributed by atoms with van der Waals surface area (Å²) in [7, 11) is 1.45. The first-order valence-electron chi connectivity index (χ1n) is 7.57. The van der Waals surface area contributed by atoms with Crippen LogP contribution in [0.2, 0.25) is 0 Å². The lowest BCUT2D eigenvalue weighted by molar-refractivity contribution is -0.139. The molecule has 1 N–H and O–H groups in total. The van der Waals surface area contributed by atoms with Gasteiger partial charge in [0.1, 0.15) is 0 Å². The van der Waals surface area contributed by atoms with Crippen molar-refractivity contribution < 1.29 is 24.2 Å². The zero-order chi connectivity index (χ0) is 18.1. The van der Waals surface area contributed by atoms with E-state index in [9.17, 15) is 9.59 Å². The first-order chi connectivity index (χ1) is 11.4. The highest BCUT2D eigenvalue weighted by Crippen LogP contribution is 2.27. The van der Waals surface area contributed by atoms with E-state index in [4.69, 9.17) is 19.8 Å². The molecule has 0 aliphatic carbocycles. The molecule has 1 aromatic carbocycles. The largest absolute Gasteiger partial charge is 0.493 e. The molecule has 0 atom stereocenters. The first-order valence-corrected chi connectivity index (χ1v) is 7.57. The minimum absolute atomic E-state index is 0.112. The molecular weight excluding hydrogens is 312 g/mol. The van der Waals surface area contributed by atoms with Gasteiger partial charge in [-0.05, 0) is 18.1 Å². The SMILES string of the molecule is COc1cc(C#N)ccc1OCC(=O)N(CCC(=O)O)CC(C)C. The molecule has 1 aromatic rings. The van der Waals surface area contributed by atoms with Crippen molar-refractivity contribution in [3.05, 3.63) is 23.8 Å². The van der Waals surface area contributed by atoms with Crippen LogP contribution in [0.15, 0.2) is 18.2 Å². The fraction of sp³-hybridized carbons (Fsp3) is 0.471. The van der Waals surface area contributed by atoms with Gasteiger partial charge in [-0.2, -0.15) is 5.26 Å². The molecule has 0 unspecified atom stereocenters. The molecule has 0 saturated carbocycles. The maximum atomic E-state index is 12.3. The number of carbonyl (C=O) groups is 2. The van der Waals surface area contributed by atoms with E-state index in [0.717, 1.165) is 0 Å². The van der Waals surface area contributed by atoms with E-state index in [0.29, 0.717) is 23.6 Å². The number of carboxylic acid groups (broad SMARTS) is 1. The van der Waals surface area contributed by atoms with Gasteiger partial charge in [0, 0.05) is 19.2 Å². The highest BCUT2D eigenvalue weighted by Gasteiger charge is 2.17. The second-order valence-electron chi connectivity index (χ2n) is 5.64. The Kier molecular flexibility index (Phi) is 7.56. The molecule has 130 valence electrons. The number of hydrogen-bond acceptors (Lipinski definition) is 5. The number of carboxylic acids is 1. The lowest BCUT2D eigenvalue weighted by Crippen LogP contribution is -2.39. The maximum Gasteiger partial charge on any atom is 0.305 e. The van der Waals surface area contributed by atoms with E-state index in [-0.39, 0.29) is 31.4 Å². The van der Waals surface area contributed by atoms with Crippen molar-refractivity contribution in [2.45, 2.75) is 20.3 Å². The molecule has 7 nitrogen and oxygen atoms in total. The van der Waals surface area contributed by atoms with Crippen LogP contribution in [0.5, 0.6) is 11.5 Å². The molecule has 0 saturated heterocycles. The number of rotatable bonds is 9. The van der Waals surface area contributed by atoms with E-state index >= 15 is 0 Å². The van der Waals surface area contributed by atoms with Crippen molar-refractivity contribution in [2.24, 2.45) is 5.92 Å². The Morgan fingerprint density at radius 3 is 2.58 bits per heavy atom. The average molecular weight is 334 g/mol. The van der Waals surface area contributed by atoms with Gasteiger partial charge in [0.25, 0.3) is 5.91 Å². The van der Waals surface area contributed by atoms with Gasteiger partial charge in [-0.3, -0.25) is 9.59 Å². The van der Waals surface area contributed by atoms with Crippen molar-refractivity contribution in [2.75, 3.05) is 26.8 Å². The van der Waals surface area contributed by atoms with Gasteiger partial charge in [-0.25, -0.2) is 0 Å². The van der Waals surface area contributed by atoms with Crippen LogP contribution in [-0.4, -0.2) is 48.7 Å². The van der Waals surface area contributed by atoms with Gasteiger partial charge in [-0.1, -0.05) is 13.8 Å². The Morgan fingerprint density at radius 2 is 2.04 bits per heavy atom. The molecule has 0 aliphatic rings. The Labute approximate surface area is 141 Å². The number of hydrogen-bond donors (Lipinski definition) is 1. The van der Waals surface area contributed by atoms with E-state index in [2.05, 4.69) is 0 Å². The summed E-state index contributed by atoms with van der Waals surface area (Å²) in [5.41, 5.74) is 0.424. The Morgan fingerprint density at radius 1 is 1.33 bits per heavy atom. The van der Waals surface area contributed by atoms with Crippen molar-refractivity contribution in [1.29, 1.82) is 5.26 Å². The lowest BCUT2D eigenvalue weighted by atomic mass is 10.2. The molecular formula is C17H22N2O5. The molecule has 0 bridgehead atoms. The van der Waals surface area contributed by atoms with Crippen LogP contribution in [-0.2, 0) is 9.59 Å². The molecule has 0 aromatic heterocycles. The zero-order valence-electron chi connectivity index (χ0n) is 14.1.